The monoisotopic (exact) mass is 309 g/mol. The minimum Gasteiger partial charge on any atom is -0.372 e. The Hall–Kier alpha value is -2.47. The third-order valence-corrected chi connectivity index (χ3v) is 4.05. The fourth-order valence-corrected chi connectivity index (χ4v) is 3.11. The summed E-state index contributed by atoms with van der Waals surface area (Å²) >= 11 is 0. The Morgan fingerprint density at radius 3 is 2.65 bits per heavy atom. The number of anilines is 1. The number of hydrogen-bond donors (Lipinski definition) is 0. The maximum atomic E-state index is 5.81. The van der Waals surface area contributed by atoms with Crippen LogP contribution < -0.4 is 4.90 Å². The number of hydrogen-bond acceptors (Lipinski definition) is 5. The number of rotatable bonds is 2. The largest absolute Gasteiger partial charge is 0.372 e. The lowest BCUT2D eigenvalue weighted by atomic mass is 10.2. The lowest BCUT2D eigenvalue weighted by Crippen LogP contribution is -2.46. The molecule has 0 saturated carbocycles. The van der Waals surface area contributed by atoms with Crippen LogP contribution in [0, 0.1) is 0 Å². The summed E-state index contributed by atoms with van der Waals surface area (Å²) < 4.78 is 7.69. The minimum absolute atomic E-state index is 0.205. The zero-order valence-electron chi connectivity index (χ0n) is 13.3. The van der Waals surface area contributed by atoms with Gasteiger partial charge in [0.25, 0.3) is 0 Å². The van der Waals surface area contributed by atoms with E-state index in [4.69, 9.17) is 9.84 Å². The Kier molecular flexibility index (Phi) is 3.46. The summed E-state index contributed by atoms with van der Waals surface area (Å²) in [6, 6.07) is 7.97. The van der Waals surface area contributed by atoms with Crippen molar-refractivity contribution in [1.82, 2.24) is 19.6 Å². The highest BCUT2D eigenvalue weighted by atomic mass is 16.5. The third kappa shape index (κ3) is 2.66. The summed E-state index contributed by atoms with van der Waals surface area (Å²) in [6.45, 7) is 5.89. The molecule has 23 heavy (non-hydrogen) atoms. The number of pyridine rings is 1. The standard InChI is InChI=1S/C17H19N5O/c1-12-10-21(11-13(2)23-12)17-6-5-16-19-9-15(22(16)20-17)14-4-3-7-18-8-14/h3-9,12-13H,10-11H2,1-2H3/t12-,13+. The van der Waals surface area contributed by atoms with Gasteiger partial charge in [0.1, 0.15) is 5.82 Å². The molecule has 1 aliphatic rings. The number of fused-ring (bicyclic) bond motifs is 1. The average molecular weight is 309 g/mol. The van der Waals surface area contributed by atoms with E-state index in [1.807, 2.05) is 41.2 Å². The molecule has 1 aliphatic heterocycles. The molecule has 0 N–H and O–H groups in total. The van der Waals surface area contributed by atoms with Crippen LogP contribution in [0.2, 0.25) is 0 Å². The molecule has 6 nitrogen and oxygen atoms in total. The van der Waals surface area contributed by atoms with Crippen LogP contribution in [-0.2, 0) is 4.74 Å². The van der Waals surface area contributed by atoms with Crippen LogP contribution in [0.15, 0.2) is 42.9 Å². The van der Waals surface area contributed by atoms with Gasteiger partial charge in [-0.15, -0.1) is 5.10 Å². The van der Waals surface area contributed by atoms with Crippen molar-refractivity contribution in [2.45, 2.75) is 26.1 Å². The fraction of sp³-hybridized carbons (Fsp3) is 0.353. The van der Waals surface area contributed by atoms with E-state index in [9.17, 15) is 0 Å². The van der Waals surface area contributed by atoms with Gasteiger partial charge in [-0.25, -0.2) is 9.50 Å². The normalized spacial score (nSPS) is 21.7. The lowest BCUT2D eigenvalue weighted by molar-refractivity contribution is -0.00551. The van der Waals surface area contributed by atoms with E-state index in [1.54, 1.807) is 6.20 Å². The Balaban J connectivity index is 1.75. The smallest absolute Gasteiger partial charge is 0.154 e. The predicted molar refractivity (Wildman–Crippen MR) is 88.4 cm³/mol. The van der Waals surface area contributed by atoms with Crippen molar-refractivity contribution in [3.63, 3.8) is 0 Å². The maximum absolute atomic E-state index is 5.81. The van der Waals surface area contributed by atoms with Gasteiger partial charge in [0.15, 0.2) is 5.65 Å². The molecule has 0 radical (unpaired) electrons. The van der Waals surface area contributed by atoms with Crippen LogP contribution in [0.25, 0.3) is 16.9 Å². The van der Waals surface area contributed by atoms with E-state index >= 15 is 0 Å². The molecule has 4 rings (SSSR count). The van der Waals surface area contributed by atoms with E-state index in [2.05, 4.69) is 28.7 Å². The molecule has 3 aromatic heterocycles. The van der Waals surface area contributed by atoms with Crippen LogP contribution in [-0.4, -0.2) is 44.9 Å². The Morgan fingerprint density at radius 1 is 1.09 bits per heavy atom. The minimum atomic E-state index is 0.205. The van der Waals surface area contributed by atoms with Gasteiger partial charge in [-0.1, -0.05) is 0 Å². The first-order chi connectivity index (χ1) is 11.2. The SMILES string of the molecule is C[C@@H]1CN(c2ccc3ncc(-c4cccnc4)n3n2)C[C@H](C)O1. The molecule has 1 fully saturated rings. The van der Waals surface area contributed by atoms with Crippen LogP contribution in [0.1, 0.15) is 13.8 Å². The Morgan fingerprint density at radius 2 is 1.91 bits per heavy atom. The highest BCUT2D eigenvalue weighted by Crippen LogP contribution is 2.22. The van der Waals surface area contributed by atoms with Crippen molar-refractivity contribution in [1.29, 1.82) is 0 Å². The highest BCUT2D eigenvalue weighted by molar-refractivity contribution is 5.62. The second-order valence-corrected chi connectivity index (χ2v) is 6.01. The van der Waals surface area contributed by atoms with Crippen molar-refractivity contribution in [3.05, 3.63) is 42.9 Å². The van der Waals surface area contributed by atoms with Crippen LogP contribution in [0.5, 0.6) is 0 Å². The van der Waals surface area contributed by atoms with Gasteiger partial charge in [-0.3, -0.25) is 4.98 Å². The third-order valence-electron chi connectivity index (χ3n) is 4.05. The summed E-state index contributed by atoms with van der Waals surface area (Å²) in [4.78, 5) is 10.9. The zero-order chi connectivity index (χ0) is 15.8. The van der Waals surface area contributed by atoms with Crippen molar-refractivity contribution in [2.75, 3.05) is 18.0 Å². The van der Waals surface area contributed by atoms with E-state index in [0.29, 0.717) is 0 Å². The van der Waals surface area contributed by atoms with Gasteiger partial charge in [0.2, 0.25) is 0 Å². The molecule has 0 amide bonds. The summed E-state index contributed by atoms with van der Waals surface area (Å²) in [6.07, 6.45) is 5.85. The number of ether oxygens (including phenoxy) is 1. The number of morpholine rings is 1. The molecule has 0 spiro atoms. The molecule has 4 heterocycles. The van der Waals surface area contributed by atoms with Gasteiger partial charge in [-0.2, -0.15) is 0 Å². The van der Waals surface area contributed by atoms with Crippen molar-refractivity contribution < 1.29 is 4.74 Å². The van der Waals surface area contributed by atoms with Gasteiger partial charge in [0, 0.05) is 31.0 Å². The molecule has 1 saturated heterocycles. The van der Waals surface area contributed by atoms with Crippen molar-refractivity contribution in [3.8, 4) is 11.3 Å². The first kappa shape index (κ1) is 14.1. The first-order valence-electron chi connectivity index (χ1n) is 7.86. The van der Waals surface area contributed by atoms with E-state index in [-0.39, 0.29) is 12.2 Å². The van der Waals surface area contributed by atoms with Crippen molar-refractivity contribution in [2.24, 2.45) is 0 Å². The molecular formula is C17H19N5O. The Labute approximate surface area is 134 Å². The number of imidazole rings is 1. The highest BCUT2D eigenvalue weighted by Gasteiger charge is 2.23. The quantitative estimate of drug-likeness (QED) is 0.727. The van der Waals surface area contributed by atoms with Crippen LogP contribution >= 0.6 is 0 Å². The molecule has 0 aliphatic carbocycles. The lowest BCUT2D eigenvalue weighted by Gasteiger charge is -2.35. The number of nitrogens with zero attached hydrogens (tertiary/aromatic N) is 5. The topological polar surface area (TPSA) is 55.6 Å². The summed E-state index contributed by atoms with van der Waals surface area (Å²) in [5.41, 5.74) is 2.79. The molecule has 2 atom stereocenters. The first-order valence-corrected chi connectivity index (χ1v) is 7.86. The molecule has 118 valence electrons. The molecule has 6 heteroatoms. The van der Waals surface area contributed by atoms with E-state index in [0.717, 1.165) is 35.8 Å². The summed E-state index contributed by atoms with van der Waals surface area (Å²) in [7, 11) is 0. The molecular weight excluding hydrogens is 290 g/mol. The fourth-order valence-electron chi connectivity index (χ4n) is 3.11. The van der Waals surface area contributed by atoms with Crippen LogP contribution in [0.3, 0.4) is 0 Å². The molecule has 0 bridgehead atoms. The summed E-state index contributed by atoms with van der Waals surface area (Å²) in [5.74, 6) is 0.947. The summed E-state index contributed by atoms with van der Waals surface area (Å²) in [5, 5.41) is 4.80. The number of aromatic nitrogens is 4. The zero-order valence-corrected chi connectivity index (χ0v) is 13.3. The second-order valence-electron chi connectivity index (χ2n) is 6.01. The van der Waals surface area contributed by atoms with E-state index < -0.39 is 0 Å². The molecule has 0 unspecified atom stereocenters. The van der Waals surface area contributed by atoms with Crippen LogP contribution in [0.4, 0.5) is 5.82 Å². The van der Waals surface area contributed by atoms with Gasteiger partial charge in [0.05, 0.1) is 24.1 Å². The van der Waals surface area contributed by atoms with E-state index in [1.165, 1.54) is 0 Å². The predicted octanol–water partition coefficient (Wildman–Crippen LogP) is 2.40. The Bertz CT molecular complexity index is 806. The van der Waals surface area contributed by atoms with Gasteiger partial charge >= 0.3 is 0 Å². The maximum Gasteiger partial charge on any atom is 0.154 e. The average Bonchev–Trinajstić information content (AvgIpc) is 2.98. The van der Waals surface area contributed by atoms with Gasteiger partial charge in [-0.05, 0) is 38.1 Å². The van der Waals surface area contributed by atoms with Crippen molar-refractivity contribution >= 4 is 11.5 Å². The van der Waals surface area contributed by atoms with Gasteiger partial charge < -0.3 is 9.64 Å². The second kappa shape index (κ2) is 5.62. The molecule has 3 aromatic rings. The molecule has 0 aromatic carbocycles.